The summed E-state index contributed by atoms with van der Waals surface area (Å²) in [5, 5.41) is 6.09. The summed E-state index contributed by atoms with van der Waals surface area (Å²) in [6, 6.07) is 23.3. The first-order valence-electron chi connectivity index (χ1n) is 11.4. The van der Waals surface area contributed by atoms with Gasteiger partial charge in [0.15, 0.2) is 0 Å². The Labute approximate surface area is 200 Å². The van der Waals surface area contributed by atoms with Gasteiger partial charge in [-0.05, 0) is 55.4 Å². The minimum absolute atomic E-state index is 0.349. The Balaban J connectivity index is 1.87. The number of hydrogen-bond acceptors (Lipinski definition) is 4. The summed E-state index contributed by atoms with van der Waals surface area (Å²) < 4.78 is 0. The maximum Gasteiger partial charge on any atom is 0.328 e. The maximum absolute atomic E-state index is 13.7. The predicted molar refractivity (Wildman–Crippen MR) is 138 cm³/mol. The van der Waals surface area contributed by atoms with Crippen LogP contribution in [0.4, 0.5) is 16.2 Å². The van der Waals surface area contributed by atoms with E-state index in [0.717, 1.165) is 35.3 Å². The number of urea groups is 1. The lowest BCUT2D eigenvalue weighted by atomic mass is 9.98. The SMILES string of the molecule is CCc1ccc2c(c1)N(C(=O)NC)C(=O)C2=C(Nc1ccc(CN(C)C)cc1)c1ccccc1. The second kappa shape index (κ2) is 9.93. The fraction of sp³-hybridized carbons (Fsp3) is 0.214. The third-order valence-electron chi connectivity index (χ3n) is 5.85. The van der Waals surface area contributed by atoms with E-state index in [4.69, 9.17) is 0 Å². The van der Waals surface area contributed by atoms with E-state index in [-0.39, 0.29) is 5.91 Å². The van der Waals surface area contributed by atoms with E-state index >= 15 is 0 Å². The van der Waals surface area contributed by atoms with Crippen molar-refractivity contribution in [1.82, 2.24) is 10.2 Å². The van der Waals surface area contributed by atoms with Crippen LogP contribution in [-0.4, -0.2) is 38.0 Å². The van der Waals surface area contributed by atoms with E-state index < -0.39 is 6.03 Å². The molecule has 0 unspecified atom stereocenters. The third kappa shape index (κ3) is 4.58. The molecule has 0 aliphatic carbocycles. The summed E-state index contributed by atoms with van der Waals surface area (Å²) in [6.07, 6.45) is 0.811. The molecule has 0 spiro atoms. The van der Waals surface area contributed by atoms with Gasteiger partial charge in [-0.1, -0.05) is 61.5 Å². The highest BCUT2D eigenvalue weighted by atomic mass is 16.2. The van der Waals surface area contributed by atoms with Crippen molar-refractivity contribution in [2.24, 2.45) is 0 Å². The van der Waals surface area contributed by atoms with Gasteiger partial charge in [-0.2, -0.15) is 0 Å². The van der Waals surface area contributed by atoms with Crippen LogP contribution in [0.3, 0.4) is 0 Å². The number of aryl methyl sites for hydroxylation is 1. The molecule has 0 saturated heterocycles. The average Bonchev–Trinajstić information content (AvgIpc) is 3.14. The maximum atomic E-state index is 13.7. The second-order valence-electron chi connectivity index (χ2n) is 8.58. The van der Waals surface area contributed by atoms with Gasteiger partial charge in [-0.25, -0.2) is 9.69 Å². The van der Waals surface area contributed by atoms with Crippen LogP contribution in [0.15, 0.2) is 72.8 Å². The van der Waals surface area contributed by atoms with E-state index in [1.807, 2.05) is 74.8 Å². The monoisotopic (exact) mass is 454 g/mol. The zero-order chi connectivity index (χ0) is 24.2. The molecule has 3 amide bonds. The number of amides is 3. The van der Waals surface area contributed by atoms with E-state index in [1.54, 1.807) is 0 Å². The number of carbonyl (C=O) groups excluding carboxylic acids is 2. The number of anilines is 2. The lowest BCUT2D eigenvalue weighted by Gasteiger charge is -2.17. The van der Waals surface area contributed by atoms with Gasteiger partial charge < -0.3 is 15.5 Å². The van der Waals surface area contributed by atoms with Crippen LogP contribution in [0.1, 0.15) is 29.2 Å². The van der Waals surface area contributed by atoms with Crippen molar-refractivity contribution < 1.29 is 9.59 Å². The summed E-state index contributed by atoms with van der Waals surface area (Å²) in [7, 11) is 5.61. The summed E-state index contributed by atoms with van der Waals surface area (Å²) in [6.45, 7) is 2.90. The lowest BCUT2D eigenvalue weighted by molar-refractivity contribution is -0.112. The van der Waals surface area contributed by atoms with Crippen LogP contribution in [0.5, 0.6) is 0 Å². The molecular weight excluding hydrogens is 424 g/mol. The van der Waals surface area contributed by atoms with E-state index in [1.165, 1.54) is 17.5 Å². The Morgan fingerprint density at radius 3 is 2.24 bits per heavy atom. The van der Waals surface area contributed by atoms with Gasteiger partial charge >= 0.3 is 6.03 Å². The molecule has 0 fully saturated rings. The average molecular weight is 455 g/mol. The van der Waals surface area contributed by atoms with Gasteiger partial charge in [0, 0.05) is 24.8 Å². The number of fused-ring (bicyclic) bond motifs is 1. The molecule has 3 aromatic carbocycles. The highest BCUT2D eigenvalue weighted by molar-refractivity contribution is 6.43. The summed E-state index contributed by atoms with van der Waals surface area (Å²) in [4.78, 5) is 29.8. The Bertz CT molecular complexity index is 1230. The zero-order valence-corrected chi connectivity index (χ0v) is 20.1. The Morgan fingerprint density at radius 1 is 0.941 bits per heavy atom. The van der Waals surface area contributed by atoms with Crippen LogP contribution in [0.2, 0.25) is 0 Å². The molecule has 0 bridgehead atoms. The van der Waals surface area contributed by atoms with Crippen molar-refractivity contribution in [3.05, 3.63) is 95.1 Å². The quantitative estimate of drug-likeness (QED) is 0.516. The third-order valence-corrected chi connectivity index (χ3v) is 5.85. The Kier molecular flexibility index (Phi) is 6.80. The molecule has 0 aromatic heterocycles. The largest absolute Gasteiger partial charge is 0.354 e. The summed E-state index contributed by atoms with van der Waals surface area (Å²) in [5.74, 6) is -0.349. The normalized spacial score (nSPS) is 14.3. The molecule has 6 heteroatoms. The number of imide groups is 1. The van der Waals surface area contributed by atoms with Crippen molar-refractivity contribution in [3.63, 3.8) is 0 Å². The predicted octanol–water partition coefficient (Wildman–Crippen LogP) is 4.98. The van der Waals surface area contributed by atoms with Crippen LogP contribution in [0, 0.1) is 0 Å². The van der Waals surface area contributed by atoms with Gasteiger partial charge in [0.25, 0.3) is 5.91 Å². The second-order valence-corrected chi connectivity index (χ2v) is 8.58. The van der Waals surface area contributed by atoms with Crippen LogP contribution in [-0.2, 0) is 17.8 Å². The molecule has 2 N–H and O–H groups in total. The highest BCUT2D eigenvalue weighted by Gasteiger charge is 2.38. The number of nitrogens with zero attached hydrogens (tertiary/aromatic N) is 2. The minimum atomic E-state index is -0.449. The van der Waals surface area contributed by atoms with Gasteiger partial charge in [-0.15, -0.1) is 0 Å². The topological polar surface area (TPSA) is 64.7 Å². The van der Waals surface area contributed by atoms with Crippen LogP contribution < -0.4 is 15.5 Å². The molecule has 6 nitrogen and oxygen atoms in total. The van der Waals surface area contributed by atoms with Crippen molar-refractivity contribution in [3.8, 4) is 0 Å². The molecular formula is C28H30N4O2. The molecule has 4 rings (SSSR count). The fourth-order valence-corrected chi connectivity index (χ4v) is 4.17. The van der Waals surface area contributed by atoms with Crippen LogP contribution >= 0.6 is 0 Å². The van der Waals surface area contributed by atoms with Gasteiger partial charge in [-0.3, -0.25) is 4.79 Å². The zero-order valence-electron chi connectivity index (χ0n) is 20.1. The molecule has 1 heterocycles. The molecule has 1 aliphatic rings. The van der Waals surface area contributed by atoms with Crippen molar-refractivity contribution >= 4 is 34.6 Å². The summed E-state index contributed by atoms with van der Waals surface area (Å²) in [5.41, 5.74) is 6.49. The first-order valence-corrected chi connectivity index (χ1v) is 11.4. The fourth-order valence-electron chi connectivity index (χ4n) is 4.17. The smallest absolute Gasteiger partial charge is 0.328 e. The van der Waals surface area contributed by atoms with Crippen molar-refractivity contribution in [1.29, 1.82) is 0 Å². The standard InChI is InChI=1S/C28H30N4O2/c1-5-19-13-16-23-24(17-19)32(28(34)29-2)27(33)25(23)26(21-9-7-6-8-10-21)30-22-14-11-20(12-15-22)18-31(3)4/h6-17,30H,5,18H2,1-4H3,(H,29,34). The lowest BCUT2D eigenvalue weighted by Crippen LogP contribution is -2.40. The number of benzene rings is 3. The van der Waals surface area contributed by atoms with E-state index in [0.29, 0.717) is 17.0 Å². The summed E-state index contributed by atoms with van der Waals surface area (Å²) >= 11 is 0. The molecule has 0 saturated carbocycles. The molecule has 34 heavy (non-hydrogen) atoms. The Hall–Kier alpha value is -3.90. The van der Waals surface area contributed by atoms with Gasteiger partial charge in [0.05, 0.1) is 17.0 Å². The highest BCUT2D eigenvalue weighted by Crippen LogP contribution is 2.41. The molecule has 0 atom stereocenters. The van der Waals surface area contributed by atoms with Crippen molar-refractivity contribution in [2.45, 2.75) is 19.9 Å². The number of nitrogens with one attached hydrogen (secondary N) is 2. The number of hydrogen-bond donors (Lipinski definition) is 2. The first-order chi connectivity index (χ1) is 16.4. The molecule has 1 aliphatic heterocycles. The van der Waals surface area contributed by atoms with E-state index in [2.05, 4.69) is 34.6 Å². The first kappa shape index (κ1) is 23.3. The molecule has 3 aromatic rings. The van der Waals surface area contributed by atoms with E-state index in [9.17, 15) is 9.59 Å². The van der Waals surface area contributed by atoms with Crippen molar-refractivity contribution in [2.75, 3.05) is 31.4 Å². The number of rotatable bonds is 6. The van der Waals surface area contributed by atoms with Crippen LogP contribution in [0.25, 0.3) is 11.3 Å². The van der Waals surface area contributed by atoms with Gasteiger partial charge in [0.2, 0.25) is 0 Å². The molecule has 0 radical (unpaired) electrons. The minimum Gasteiger partial charge on any atom is -0.354 e. The molecule has 174 valence electrons. The number of carbonyl (C=O) groups is 2. The Morgan fingerprint density at radius 2 is 1.62 bits per heavy atom. The van der Waals surface area contributed by atoms with Gasteiger partial charge in [0.1, 0.15) is 0 Å².